The maximum atomic E-state index is 12.2. The van der Waals surface area contributed by atoms with Crippen molar-refractivity contribution in [3.05, 3.63) is 52.6 Å². The van der Waals surface area contributed by atoms with Crippen LogP contribution >= 0.6 is 0 Å². The molecule has 2 N–H and O–H groups in total. The number of hydrogen-bond donors (Lipinski definition) is 2. The molecule has 0 aliphatic carbocycles. The van der Waals surface area contributed by atoms with Gasteiger partial charge in [0, 0.05) is 34.1 Å². The molecule has 3 heterocycles. The van der Waals surface area contributed by atoms with Gasteiger partial charge in [-0.2, -0.15) is 0 Å². The van der Waals surface area contributed by atoms with Crippen molar-refractivity contribution in [2.75, 3.05) is 6.61 Å². The lowest BCUT2D eigenvalue weighted by atomic mass is 10.0. The summed E-state index contributed by atoms with van der Waals surface area (Å²) in [7, 11) is 0. The maximum Gasteiger partial charge on any atom is 0.340 e. The number of carbonyl (C=O) groups excluding carboxylic acids is 1. The Balaban J connectivity index is 2.06. The molecule has 0 amide bonds. The summed E-state index contributed by atoms with van der Waals surface area (Å²) in [6.07, 6.45) is 3.06. The number of aromatic nitrogens is 3. The van der Waals surface area contributed by atoms with Crippen LogP contribution in [0.5, 0.6) is 0 Å². The van der Waals surface area contributed by atoms with Gasteiger partial charge < -0.3 is 19.2 Å². The number of ether oxygens (including phenoxy) is 1. The highest BCUT2D eigenvalue weighted by atomic mass is 16.5. The molecule has 120 valence electrons. The molecular formula is C17H13N3O4. The Morgan fingerprint density at radius 3 is 2.96 bits per heavy atom. The Bertz CT molecular complexity index is 1110. The van der Waals surface area contributed by atoms with Crippen LogP contribution in [0.2, 0.25) is 0 Å². The zero-order chi connectivity index (χ0) is 16.7. The second-order valence-electron chi connectivity index (χ2n) is 5.26. The van der Waals surface area contributed by atoms with Gasteiger partial charge in [-0.1, -0.05) is 5.16 Å². The summed E-state index contributed by atoms with van der Waals surface area (Å²) in [5, 5.41) is 4.96. The van der Waals surface area contributed by atoms with Crippen molar-refractivity contribution in [1.82, 2.24) is 15.1 Å². The molecule has 0 fully saturated rings. The Labute approximate surface area is 135 Å². The molecule has 0 aliphatic rings. The predicted molar refractivity (Wildman–Crippen MR) is 87.9 cm³/mol. The molecule has 0 bridgehead atoms. The molecule has 7 heteroatoms. The van der Waals surface area contributed by atoms with Crippen LogP contribution in [0.25, 0.3) is 33.1 Å². The Morgan fingerprint density at radius 1 is 1.33 bits per heavy atom. The van der Waals surface area contributed by atoms with E-state index in [1.807, 2.05) is 12.1 Å². The number of benzene rings is 1. The smallest absolute Gasteiger partial charge is 0.340 e. The van der Waals surface area contributed by atoms with Crippen LogP contribution in [0, 0.1) is 0 Å². The minimum atomic E-state index is -0.472. The second-order valence-corrected chi connectivity index (χ2v) is 5.26. The number of esters is 1. The summed E-state index contributed by atoms with van der Waals surface area (Å²) in [4.78, 5) is 30.1. The summed E-state index contributed by atoms with van der Waals surface area (Å²) in [5.74, 6) is 0.130. The summed E-state index contributed by atoms with van der Waals surface area (Å²) in [5.41, 5.74) is 1.80. The minimum Gasteiger partial charge on any atom is -0.462 e. The molecule has 0 unspecified atom stereocenters. The Kier molecular flexibility index (Phi) is 3.19. The number of fused-ring (bicyclic) bond motifs is 3. The van der Waals surface area contributed by atoms with Gasteiger partial charge in [-0.25, -0.2) is 4.79 Å². The number of pyridine rings is 1. The van der Waals surface area contributed by atoms with E-state index >= 15 is 0 Å². The predicted octanol–water partition coefficient (Wildman–Crippen LogP) is 2.84. The molecule has 0 radical (unpaired) electrons. The third-order valence-corrected chi connectivity index (χ3v) is 3.86. The van der Waals surface area contributed by atoms with Gasteiger partial charge in [0.25, 0.3) is 5.56 Å². The van der Waals surface area contributed by atoms with E-state index < -0.39 is 5.97 Å². The van der Waals surface area contributed by atoms with E-state index in [4.69, 9.17) is 9.26 Å². The Morgan fingerprint density at radius 2 is 2.21 bits per heavy atom. The number of nitrogens with one attached hydrogen (secondary N) is 2. The monoisotopic (exact) mass is 323 g/mol. The summed E-state index contributed by atoms with van der Waals surface area (Å²) in [6.45, 7) is 2.00. The first-order chi connectivity index (χ1) is 11.7. The SMILES string of the molecule is CCOC(=O)c1c[nH]c2c(=O)[nH]c3ccc(-c4ccno4)cc3c12. The molecule has 0 saturated carbocycles. The van der Waals surface area contributed by atoms with Crippen molar-refractivity contribution >= 4 is 27.8 Å². The minimum absolute atomic E-state index is 0.260. The van der Waals surface area contributed by atoms with Gasteiger partial charge in [-0.15, -0.1) is 0 Å². The van der Waals surface area contributed by atoms with Crippen LogP contribution in [-0.2, 0) is 4.74 Å². The third kappa shape index (κ3) is 2.10. The van der Waals surface area contributed by atoms with E-state index in [1.165, 1.54) is 6.20 Å². The zero-order valence-corrected chi connectivity index (χ0v) is 12.8. The zero-order valence-electron chi connectivity index (χ0n) is 12.8. The van der Waals surface area contributed by atoms with E-state index in [2.05, 4.69) is 15.1 Å². The van der Waals surface area contributed by atoms with Crippen LogP contribution in [-0.4, -0.2) is 27.7 Å². The highest BCUT2D eigenvalue weighted by Gasteiger charge is 2.18. The van der Waals surface area contributed by atoms with E-state index in [0.29, 0.717) is 27.7 Å². The molecule has 7 nitrogen and oxygen atoms in total. The van der Waals surface area contributed by atoms with Gasteiger partial charge in [0.15, 0.2) is 5.76 Å². The molecule has 0 spiro atoms. The quantitative estimate of drug-likeness (QED) is 0.565. The molecule has 0 atom stereocenters. The van der Waals surface area contributed by atoms with E-state index in [1.54, 1.807) is 25.3 Å². The number of nitrogens with zero attached hydrogens (tertiary/aromatic N) is 1. The van der Waals surface area contributed by atoms with Gasteiger partial charge >= 0.3 is 5.97 Å². The number of aromatic amines is 2. The average Bonchev–Trinajstić information content (AvgIpc) is 3.25. The van der Waals surface area contributed by atoms with E-state index in [-0.39, 0.29) is 12.2 Å². The standard InChI is InChI=1S/C17H13N3O4/c1-2-23-17(22)11-8-18-15-14(11)10-7-9(13-5-6-19-24-13)3-4-12(10)20-16(15)21/h3-8,18H,2H2,1H3,(H,20,21). The highest BCUT2D eigenvalue weighted by Crippen LogP contribution is 2.29. The molecule has 1 aromatic carbocycles. The highest BCUT2D eigenvalue weighted by molar-refractivity contribution is 6.15. The average molecular weight is 323 g/mol. The summed E-state index contributed by atoms with van der Waals surface area (Å²) < 4.78 is 10.3. The van der Waals surface area contributed by atoms with Gasteiger partial charge in [0.2, 0.25) is 0 Å². The first kappa shape index (κ1) is 14.3. The van der Waals surface area contributed by atoms with Crippen LogP contribution in [0.3, 0.4) is 0 Å². The number of H-pyrrole nitrogens is 2. The largest absolute Gasteiger partial charge is 0.462 e. The van der Waals surface area contributed by atoms with Crippen molar-refractivity contribution in [2.24, 2.45) is 0 Å². The molecule has 24 heavy (non-hydrogen) atoms. The molecule has 4 rings (SSSR count). The summed E-state index contributed by atoms with van der Waals surface area (Å²) >= 11 is 0. The van der Waals surface area contributed by atoms with Crippen LogP contribution in [0.1, 0.15) is 17.3 Å². The van der Waals surface area contributed by atoms with Crippen molar-refractivity contribution in [2.45, 2.75) is 6.92 Å². The topological polar surface area (TPSA) is 101 Å². The lowest BCUT2D eigenvalue weighted by Gasteiger charge is -2.05. The fourth-order valence-corrected chi connectivity index (χ4v) is 2.81. The molecule has 3 aromatic heterocycles. The summed E-state index contributed by atoms with van der Waals surface area (Å²) in [6, 6.07) is 7.19. The van der Waals surface area contributed by atoms with Gasteiger partial charge in [-0.3, -0.25) is 4.79 Å². The normalized spacial score (nSPS) is 11.2. The number of carbonyl (C=O) groups is 1. The first-order valence-electron chi connectivity index (χ1n) is 7.44. The lowest BCUT2D eigenvalue weighted by Crippen LogP contribution is -2.08. The van der Waals surface area contributed by atoms with Gasteiger partial charge in [0.05, 0.1) is 18.4 Å². The van der Waals surface area contributed by atoms with Crippen LogP contribution in [0.15, 0.2) is 46.0 Å². The van der Waals surface area contributed by atoms with E-state index in [9.17, 15) is 9.59 Å². The van der Waals surface area contributed by atoms with Crippen molar-refractivity contribution in [3.8, 4) is 11.3 Å². The molecule has 4 aromatic rings. The lowest BCUT2D eigenvalue weighted by molar-refractivity contribution is 0.0529. The van der Waals surface area contributed by atoms with Crippen LogP contribution < -0.4 is 5.56 Å². The second kappa shape index (κ2) is 5.38. The first-order valence-corrected chi connectivity index (χ1v) is 7.44. The number of hydrogen-bond acceptors (Lipinski definition) is 5. The van der Waals surface area contributed by atoms with E-state index in [0.717, 1.165) is 10.9 Å². The Hall–Kier alpha value is -3.35. The molecule has 0 aliphatic heterocycles. The molecular weight excluding hydrogens is 310 g/mol. The fraction of sp³-hybridized carbons (Fsp3) is 0.118. The van der Waals surface area contributed by atoms with Crippen molar-refractivity contribution in [3.63, 3.8) is 0 Å². The van der Waals surface area contributed by atoms with Gasteiger partial charge in [-0.05, 0) is 25.1 Å². The van der Waals surface area contributed by atoms with Crippen molar-refractivity contribution in [1.29, 1.82) is 0 Å². The molecule has 0 saturated heterocycles. The van der Waals surface area contributed by atoms with Gasteiger partial charge in [0.1, 0.15) is 5.52 Å². The maximum absolute atomic E-state index is 12.2. The van der Waals surface area contributed by atoms with Crippen molar-refractivity contribution < 1.29 is 14.1 Å². The third-order valence-electron chi connectivity index (χ3n) is 3.86. The van der Waals surface area contributed by atoms with Crippen LogP contribution in [0.4, 0.5) is 0 Å². The number of rotatable bonds is 3. The fourth-order valence-electron chi connectivity index (χ4n) is 2.81.